The van der Waals surface area contributed by atoms with Gasteiger partial charge in [-0.25, -0.2) is 0 Å². The van der Waals surface area contributed by atoms with Gasteiger partial charge in [0.15, 0.2) is 0 Å². The summed E-state index contributed by atoms with van der Waals surface area (Å²) >= 11 is 0. The van der Waals surface area contributed by atoms with Crippen LogP contribution in [0.1, 0.15) is 30.9 Å². The van der Waals surface area contributed by atoms with E-state index in [0.717, 1.165) is 47.8 Å². The van der Waals surface area contributed by atoms with Gasteiger partial charge in [0.05, 0.1) is 31.5 Å². The topological polar surface area (TPSA) is 64.6 Å². The molecule has 6 nitrogen and oxygen atoms in total. The van der Waals surface area contributed by atoms with Crippen molar-refractivity contribution in [1.82, 2.24) is 14.9 Å². The first-order valence-electron chi connectivity index (χ1n) is 10.7. The number of hydrogen-bond donors (Lipinski definition) is 0. The molecule has 0 radical (unpaired) electrons. The molecule has 4 rings (SSSR count). The summed E-state index contributed by atoms with van der Waals surface area (Å²) < 4.78 is 11.2. The molecule has 1 aromatic heterocycles. The van der Waals surface area contributed by atoms with E-state index in [4.69, 9.17) is 9.47 Å². The van der Waals surface area contributed by atoms with Gasteiger partial charge in [-0.2, -0.15) is 0 Å². The molecular weight excluding hydrogens is 390 g/mol. The van der Waals surface area contributed by atoms with Crippen LogP contribution < -0.4 is 9.47 Å². The second-order valence-corrected chi connectivity index (χ2v) is 7.58. The summed E-state index contributed by atoms with van der Waals surface area (Å²) in [6, 6.07) is 17.4. The Morgan fingerprint density at radius 1 is 1.06 bits per heavy atom. The number of para-hydroxylation sites is 2. The first-order valence-corrected chi connectivity index (χ1v) is 10.7. The van der Waals surface area contributed by atoms with Gasteiger partial charge in [-0.3, -0.25) is 14.8 Å². The molecule has 1 atom stereocenters. The summed E-state index contributed by atoms with van der Waals surface area (Å²) in [6.07, 6.45) is 5.71. The third-order valence-corrected chi connectivity index (χ3v) is 5.58. The normalized spacial score (nSPS) is 16.0. The highest BCUT2D eigenvalue weighted by Gasteiger charge is 2.28. The van der Waals surface area contributed by atoms with Crippen LogP contribution in [0.25, 0.3) is 11.3 Å². The summed E-state index contributed by atoms with van der Waals surface area (Å²) in [7, 11) is 1.66. The number of benzene rings is 2. The van der Waals surface area contributed by atoms with Gasteiger partial charge < -0.3 is 14.4 Å². The van der Waals surface area contributed by atoms with Crippen LogP contribution in [0.5, 0.6) is 11.5 Å². The van der Waals surface area contributed by atoms with Crippen molar-refractivity contribution >= 4 is 5.91 Å². The Labute approximate surface area is 182 Å². The van der Waals surface area contributed by atoms with Crippen LogP contribution in [0.4, 0.5) is 0 Å². The van der Waals surface area contributed by atoms with E-state index in [1.807, 2.05) is 59.5 Å². The summed E-state index contributed by atoms with van der Waals surface area (Å²) in [6.45, 7) is 1.79. The molecule has 0 unspecified atom stereocenters. The van der Waals surface area contributed by atoms with Crippen molar-refractivity contribution < 1.29 is 14.3 Å². The molecule has 0 bridgehead atoms. The Morgan fingerprint density at radius 2 is 1.84 bits per heavy atom. The molecule has 2 heterocycles. The third kappa shape index (κ3) is 5.02. The lowest BCUT2D eigenvalue weighted by Gasteiger charge is -2.33. The molecule has 0 saturated carbocycles. The number of rotatable bonds is 7. The lowest BCUT2D eigenvalue weighted by atomic mass is 9.91. The highest BCUT2D eigenvalue weighted by molar-refractivity contribution is 5.76. The van der Waals surface area contributed by atoms with Crippen molar-refractivity contribution in [1.29, 1.82) is 0 Å². The number of likely N-dealkylation sites (tertiary alicyclic amines) is 1. The van der Waals surface area contributed by atoms with E-state index in [0.29, 0.717) is 19.6 Å². The van der Waals surface area contributed by atoms with Gasteiger partial charge in [-0.15, -0.1) is 0 Å². The number of ether oxygens (including phenoxy) is 2. The van der Waals surface area contributed by atoms with Crippen molar-refractivity contribution in [2.24, 2.45) is 0 Å². The fourth-order valence-electron chi connectivity index (χ4n) is 4.05. The van der Waals surface area contributed by atoms with Gasteiger partial charge >= 0.3 is 0 Å². The molecule has 31 heavy (non-hydrogen) atoms. The molecule has 3 aromatic rings. The minimum absolute atomic E-state index is 0.114. The average Bonchev–Trinajstić information content (AvgIpc) is 2.84. The number of carbonyl (C=O) groups excluding carboxylic acids is 1. The van der Waals surface area contributed by atoms with E-state index in [1.54, 1.807) is 19.5 Å². The lowest BCUT2D eigenvalue weighted by Crippen LogP contribution is -2.40. The zero-order valence-corrected chi connectivity index (χ0v) is 17.7. The number of aromatic nitrogens is 2. The van der Waals surface area contributed by atoms with Crippen molar-refractivity contribution in [3.63, 3.8) is 0 Å². The number of methoxy groups -OCH3 is 1. The fourth-order valence-corrected chi connectivity index (χ4v) is 4.05. The fraction of sp³-hybridized carbons (Fsp3) is 0.320. The van der Waals surface area contributed by atoms with Crippen LogP contribution in [-0.4, -0.2) is 47.6 Å². The van der Waals surface area contributed by atoms with E-state index in [9.17, 15) is 4.79 Å². The van der Waals surface area contributed by atoms with E-state index < -0.39 is 0 Å². The van der Waals surface area contributed by atoms with E-state index in [2.05, 4.69) is 9.97 Å². The molecule has 0 aliphatic carbocycles. The molecule has 160 valence electrons. The summed E-state index contributed by atoms with van der Waals surface area (Å²) in [5.41, 5.74) is 2.67. The van der Waals surface area contributed by atoms with Crippen LogP contribution >= 0.6 is 0 Å². The minimum Gasteiger partial charge on any atom is -0.496 e. The average molecular weight is 418 g/mol. The molecule has 1 saturated heterocycles. The van der Waals surface area contributed by atoms with E-state index in [1.165, 1.54) is 0 Å². The maximum Gasteiger partial charge on any atom is 0.226 e. The number of piperidine rings is 1. The van der Waals surface area contributed by atoms with Crippen LogP contribution in [-0.2, 0) is 4.79 Å². The number of carbonyl (C=O) groups is 1. The van der Waals surface area contributed by atoms with Gasteiger partial charge in [-0.05, 0) is 37.1 Å². The Bertz CT molecular complexity index is 1010. The van der Waals surface area contributed by atoms with Crippen molar-refractivity contribution in [2.75, 3.05) is 26.8 Å². The zero-order valence-electron chi connectivity index (χ0n) is 17.7. The van der Waals surface area contributed by atoms with E-state index >= 15 is 0 Å². The molecule has 0 spiro atoms. The molecule has 1 aliphatic heterocycles. The number of amides is 1. The quantitative estimate of drug-likeness (QED) is 0.573. The first-order chi connectivity index (χ1) is 15.3. The molecule has 1 amide bonds. The Kier molecular flexibility index (Phi) is 6.77. The van der Waals surface area contributed by atoms with Gasteiger partial charge in [0.1, 0.15) is 11.5 Å². The maximum absolute atomic E-state index is 12.8. The zero-order chi connectivity index (χ0) is 21.5. The first kappa shape index (κ1) is 20.8. The molecule has 1 aliphatic rings. The largest absolute Gasteiger partial charge is 0.496 e. The smallest absolute Gasteiger partial charge is 0.226 e. The molecular formula is C25H27N3O3. The second-order valence-electron chi connectivity index (χ2n) is 7.58. The molecule has 6 heteroatoms. The van der Waals surface area contributed by atoms with Crippen LogP contribution in [0.2, 0.25) is 0 Å². The standard InChI is InChI=1S/C25H27N3O3/c1-30-22-12-6-5-11-21(22)25-24(26-14-15-27-25)19-8-7-16-28(18-19)23(29)13-17-31-20-9-3-2-4-10-20/h2-6,9-12,14-15,19H,7-8,13,16-18H2,1H3/t19-/m1/s1. The number of hydrogen-bond acceptors (Lipinski definition) is 5. The summed E-state index contributed by atoms with van der Waals surface area (Å²) in [5, 5.41) is 0. The predicted octanol–water partition coefficient (Wildman–Crippen LogP) is 4.33. The van der Waals surface area contributed by atoms with Gasteiger partial charge in [-0.1, -0.05) is 30.3 Å². The number of nitrogens with zero attached hydrogens (tertiary/aromatic N) is 3. The van der Waals surface area contributed by atoms with Crippen molar-refractivity contribution in [3.05, 3.63) is 72.7 Å². The van der Waals surface area contributed by atoms with Crippen LogP contribution in [0.15, 0.2) is 67.0 Å². The van der Waals surface area contributed by atoms with Gasteiger partial charge in [0.2, 0.25) is 5.91 Å². The van der Waals surface area contributed by atoms with Crippen LogP contribution in [0, 0.1) is 0 Å². The van der Waals surface area contributed by atoms with Gasteiger partial charge in [0.25, 0.3) is 0 Å². The highest BCUT2D eigenvalue weighted by atomic mass is 16.5. The van der Waals surface area contributed by atoms with Crippen molar-refractivity contribution in [3.8, 4) is 22.8 Å². The highest BCUT2D eigenvalue weighted by Crippen LogP contribution is 2.35. The monoisotopic (exact) mass is 417 g/mol. The van der Waals surface area contributed by atoms with Gasteiger partial charge in [0, 0.05) is 37.0 Å². The maximum atomic E-state index is 12.8. The second kappa shape index (κ2) is 10.1. The molecule has 2 aromatic carbocycles. The SMILES string of the molecule is COc1ccccc1-c1nccnc1[C@@H]1CCCN(C(=O)CCOc2ccccc2)C1. The Morgan fingerprint density at radius 3 is 2.68 bits per heavy atom. The van der Waals surface area contributed by atoms with Crippen molar-refractivity contribution in [2.45, 2.75) is 25.2 Å². The predicted molar refractivity (Wildman–Crippen MR) is 119 cm³/mol. The Hall–Kier alpha value is -3.41. The Balaban J connectivity index is 1.45. The van der Waals surface area contributed by atoms with E-state index in [-0.39, 0.29) is 11.8 Å². The molecule has 1 fully saturated rings. The summed E-state index contributed by atoms with van der Waals surface area (Å²) in [5.74, 6) is 1.81. The van der Waals surface area contributed by atoms with Crippen LogP contribution in [0.3, 0.4) is 0 Å². The third-order valence-electron chi connectivity index (χ3n) is 5.58. The molecule has 0 N–H and O–H groups in total. The lowest BCUT2D eigenvalue weighted by molar-refractivity contribution is -0.132. The minimum atomic E-state index is 0.114. The summed E-state index contributed by atoms with van der Waals surface area (Å²) in [4.78, 5) is 24.0.